The van der Waals surface area contributed by atoms with Gasteiger partial charge >= 0.3 is 0 Å². The van der Waals surface area contributed by atoms with Gasteiger partial charge in [-0.25, -0.2) is 0 Å². The first-order valence-corrected chi connectivity index (χ1v) is 7.98. The first-order chi connectivity index (χ1) is 12.0. The van der Waals surface area contributed by atoms with E-state index in [1.54, 1.807) is 36.2 Å². The fourth-order valence-electron chi connectivity index (χ4n) is 2.30. The molecule has 0 fully saturated rings. The third kappa shape index (κ3) is 5.53. The van der Waals surface area contributed by atoms with Gasteiger partial charge in [0.15, 0.2) is 6.61 Å². The van der Waals surface area contributed by atoms with Crippen LogP contribution in [0.1, 0.15) is 22.8 Å². The van der Waals surface area contributed by atoms with Crippen molar-refractivity contribution >= 4 is 11.8 Å². The zero-order valence-electron chi connectivity index (χ0n) is 14.4. The van der Waals surface area contributed by atoms with Gasteiger partial charge in [-0.1, -0.05) is 18.2 Å². The maximum atomic E-state index is 12.6. The molecule has 0 aromatic heterocycles. The molecular formula is C19H22N2O4. The summed E-state index contributed by atoms with van der Waals surface area (Å²) >= 11 is 0. The molecule has 0 saturated heterocycles. The maximum absolute atomic E-state index is 12.6. The largest absolute Gasteiger partial charge is 0.494 e. The van der Waals surface area contributed by atoms with Crippen molar-refractivity contribution in [2.45, 2.75) is 13.5 Å². The molecule has 0 aliphatic rings. The number of amides is 2. The predicted octanol–water partition coefficient (Wildman–Crippen LogP) is 2.22. The van der Waals surface area contributed by atoms with E-state index in [1.165, 1.54) is 0 Å². The third-order valence-corrected chi connectivity index (χ3v) is 3.46. The third-order valence-electron chi connectivity index (χ3n) is 3.46. The summed E-state index contributed by atoms with van der Waals surface area (Å²) in [6.07, 6.45) is 0. The van der Waals surface area contributed by atoms with E-state index in [-0.39, 0.29) is 12.5 Å². The van der Waals surface area contributed by atoms with Crippen molar-refractivity contribution in [1.29, 1.82) is 0 Å². The van der Waals surface area contributed by atoms with Crippen molar-refractivity contribution in [3.8, 4) is 11.5 Å². The summed E-state index contributed by atoms with van der Waals surface area (Å²) < 4.78 is 10.6. The lowest BCUT2D eigenvalue weighted by Crippen LogP contribution is -2.26. The molecule has 6 heteroatoms. The van der Waals surface area contributed by atoms with Crippen LogP contribution >= 0.6 is 0 Å². The molecule has 0 unspecified atom stereocenters. The molecule has 0 aliphatic heterocycles. The van der Waals surface area contributed by atoms with Crippen molar-refractivity contribution in [2.75, 3.05) is 20.3 Å². The van der Waals surface area contributed by atoms with E-state index in [0.717, 1.165) is 11.3 Å². The number of nitrogens with zero attached hydrogens (tertiary/aromatic N) is 1. The number of carbonyl (C=O) groups excluding carboxylic acids is 2. The molecule has 2 amide bonds. The molecule has 0 radical (unpaired) electrons. The molecule has 0 spiro atoms. The van der Waals surface area contributed by atoms with E-state index in [9.17, 15) is 9.59 Å². The summed E-state index contributed by atoms with van der Waals surface area (Å²) in [5.74, 6) is 0.529. The Kier molecular flexibility index (Phi) is 6.39. The van der Waals surface area contributed by atoms with Crippen LogP contribution < -0.4 is 15.2 Å². The second-order valence-corrected chi connectivity index (χ2v) is 5.52. The quantitative estimate of drug-likeness (QED) is 0.797. The molecule has 0 aliphatic carbocycles. The van der Waals surface area contributed by atoms with Crippen LogP contribution in [0.3, 0.4) is 0 Å². The van der Waals surface area contributed by atoms with Crippen molar-refractivity contribution in [3.05, 3.63) is 59.7 Å². The average molecular weight is 342 g/mol. The molecule has 2 rings (SSSR count). The molecule has 132 valence electrons. The lowest BCUT2D eigenvalue weighted by atomic mass is 10.1. The van der Waals surface area contributed by atoms with Gasteiger partial charge in [-0.3, -0.25) is 9.59 Å². The first kappa shape index (κ1) is 18.3. The van der Waals surface area contributed by atoms with Crippen LogP contribution in [0.4, 0.5) is 0 Å². The van der Waals surface area contributed by atoms with Crippen molar-refractivity contribution in [3.63, 3.8) is 0 Å². The Morgan fingerprint density at radius 3 is 2.40 bits per heavy atom. The minimum absolute atomic E-state index is 0.140. The minimum atomic E-state index is -0.565. The molecule has 2 aromatic rings. The number of primary amides is 1. The van der Waals surface area contributed by atoms with Crippen LogP contribution in [0, 0.1) is 0 Å². The zero-order valence-corrected chi connectivity index (χ0v) is 14.4. The Bertz CT molecular complexity index is 728. The summed E-state index contributed by atoms with van der Waals surface area (Å²) in [6, 6.07) is 14.3. The highest BCUT2D eigenvalue weighted by atomic mass is 16.5. The number of ether oxygens (including phenoxy) is 2. The van der Waals surface area contributed by atoms with Crippen molar-refractivity contribution < 1.29 is 19.1 Å². The Morgan fingerprint density at radius 2 is 1.76 bits per heavy atom. The summed E-state index contributed by atoms with van der Waals surface area (Å²) in [4.78, 5) is 25.0. The molecule has 25 heavy (non-hydrogen) atoms. The summed E-state index contributed by atoms with van der Waals surface area (Å²) in [7, 11) is 1.73. The Morgan fingerprint density at radius 1 is 1.04 bits per heavy atom. The van der Waals surface area contributed by atoms with E-state index >= 15 is 0 Å². The lowest BCUT2D eigenvalue weighted by Gasteiger charge is -2.18. The molecule has 2 aromatic carbocycles. The number of benzene rings is 2. The maximum Gasteiger partial charge on any atom is 0.255 e. The fourth-order valence-corrected chi connectivity index (χ4v) is 2.30. The summed E-state index contributed by atoms with van der Waals surface area (Å²) in [5, 5.41) is 0. The van der Waals surface area contributed by atoms with E-state index in [4.69, 9.17) is 15.2 Å². The van der Waals surface area contributed by atoms with Gasteiger partial charge in [0.1, 0.15) is 11.5 Å². The van der Waals surface area contributed by atoms with Gasteiger partial charge in [0.25, 0.3) is 11.8 Å². The number of nitrogens with two attached hydrogens (primary N) is 1. The Hall–Kier alpha value is -3.02. The van der Waals surface area contributed by atoms with Crippen LogP contribution in [-0.2, 0) is 11.3 Å². The van der Waals surface area contributed by atoms with E-state index in [2.05, 4.69) is 0 Å². The second kappa shape index (κ2) is 8.73. The fraction of sp³-hybridized carbons (Fsp3) is 0.263. The van der Waals surface area contributed by atoms with Crippen LogP contribution in [0.2, 0.25) is 0 Å². The van der Waals surface area contributed by atoms with Crippen LogP contribution in [0.25, 0.3) is 0 Å². The molecule has 0 saturated carbocycles. The van der Waals surface area contributed by atoms with E-state index in [0.29, 0.717) is 24.5 Å². The van der Waals surface area contributed by atoms with Gasteiger partial charge in [-0.15, -0.1) is 0 Å². The smallest absolute Gasteiger partial charge is 0.255 e. The van der Waals surface area contributed by atoms with Gasteiger partial charge in [0, 0.05) is 19.2 Å². The minimum Gasteiger partial charge on any atom is -0.494 e. The highest BCUT2D eigenvalue weighted by Gasteiger charge is 2.13. The SMILES string of the molecule is CCOc1ccc(CN(C)C(=O)c2cccc(OCC(N)=O)c2)cc1. The molecule has 0 atom stereocenters. The Balaban J connectivity index is 2.01. The number of carbonyl (C=O) groups is 2. The lowest BCUT2D eigenvalue weighted by molar-refractivity contribution is -0.119. The summed E-state index contributed by atoms with van der Waals surface area (Å²) in [5.41, 5.74) is 6.54. The molecule has 6 nitrogen and oxygen atoms in total. The van der Waals surface area contributed by atoms with Gasteiger partial charge in [-0.05, 0) is 42.8 Å². The topological polar surface area (TPSA) is 81.9 Å². The van der Waals surface area contributed by atoms with Gasteiger partial charge < -0.3 is 20.1 Å². The van der Waals surface area contributed by atoms with Crippen molar-refractivity contribution in [2.24, 2.45) is 5.73 Å². The standard InChI is InChI=1S/C19H22N2O4/c1-3-24-16-9-7-14(8-10-16)12-21(2)19(23)15-5-4-6-17(11-15)25-13-18(20)22/h4-11H,3,12-13H2,1-2H3,(H2,20,22). The highest BCUT2D eigenvalue weighted by molar-refractivity contribution is 5.94. The monoisotopic (exact) mass is 342 g/mol. The van der Waals surface area contributed by atoms with E-state index in [1.807, 2.05) is 31.2 Å². The zero-order chi connectivity index (χ0) is 18.2. The predicted molar refractivity (Wildman–Crippen MR) is 94.5 cm³/mol. The van der Waals surface area contributed by atoms with Crippen LogP contribution in [0.15, 0.2) is 48.5 Å². The molecule has 0 heterocycles. The van der Waals surface area contributed by atoms with Crippen molar-refractivity contribution in [1.82, 2.24) is 4.90 Å². The van der Waals surface area contributed by atoms with Gasteiger partial charge in [0.2, 0.25) is 0 Å². The van der Waals surface area contributed by atoms with Crippen LogP contribution in [-0.4, -0.2) is 37.0 Å². The number of hydrogen-bond donors (Lipinski definition) is 1. The number of hydrogen-bond acceptors (Lipinski definition) is 4. The van der Waals surface area contributed by atoms with Gasteiger partial charge in [-0.2, -0.15) is 0 Å². The molecular weight excluding hydrogens is 320 g/mol. The molecule has 0 bridgehead atoms. The summed E-state index contributed by atoms with van der Waals surface area (Å²) in [6.45, 7) is 2.80. The van der Waals surface area contributed by atoms with E-state index < -0.39 is 5.91 Å². The normalized spacial score (nSPS) is 10.2. The number of rotatable bonds is 8. The Labute approximate surface area is 147 Å². The first-order valence-electron chi connectivity index (χ1n) is 7.98. The highest BCUT2D eigenvalue weighted by Crippen LogP contribution is 2.17. The van der Waals surface area contributed by atoms with Gasteiger partial charge in [0.05, 0.1) is 6.61 Å². The second-order valence-electron chi connectivity index (χ2n) is 5.52. The van der Waals surface area contributed by atoms with Crippen LogP contribution in [0.5, 0.6) is 11.5 Å². The molecule has 2 N–H and O–H groups in total. The average Bonchev–Trinajstić information content (AvgIpc) is 2.61.